The number of likely N-dealkylation sites (tertiary alicyclic amines) is 1. The second-order valence-electron chi connectivity index (χ2n) is 8.11. The van der Waals surface area contributed by atoms with E-state index < -0.39 is 0 Å². The molecule has 0 aliphatic carbocycles. The summed E-state index contributed by atoms with van der Waals surface area (Å²) >= 11 is 0. The Kier molecular flexibility index (Phi) is 4.64. The Labute approximate surface area is 170 Å². The SMILES string of the molecule is Cc1nc(-c2ncc(C)[nH]2)cc([C@@H]2CCCN(Cc3ccc4cc[nH]c4c3)C2)n1. The second kappa shape index (κ2) is 7.44. The summed E-state index contributed by atoms with van der Waals surface area (Å²) in [6.45, 7) is 7.10. The summed E-state index contributed by atoms with van der Waals surface area (Å²) in [5.74, 6) is 2.05. The number of rotatable bonds is 4. The molecule has 2 N–H and O–H groups in total. The third kappa shape index (κ3) is 3.80. The maximum absolute atomic E-state index is 4.78. The topological polar surface area (TPSA) is 73.5 Å². The van der Waals surface area contributed by atoms with E-state index >= 15 is 0 Å². The van der Waals surface area contributed by atoms with Crippen LogP contribution in [0.15, 0.2) is 42.7 Å². The summed E-state index contributed by atoms with van der Waals surface area (Å²) in [5.41, 5.74) is 5.62. The summed E-state index contributed by atoms with van der Waals surface area (Å²) in [5, 5.41) is 1.27. The normalized spacial score (nSPS) is 17.8. The number of imidazole rings is 1. The first-order valence-electron chi connectivity index (χ1n) is 10.3. The average Bonchev–Trinajstić information content (AvgIpc) is 3.36. The maximum atomic E-state index is 4.78. The van der Waals surface area contributed by atoms with E-state index in [1.807, 2.05) is 26.2 Å². The van der Waals surface area contributed by atoms with Crippen LogP contribution in [-0.2, 0) is 6.54 Å². The Balaban J connectivity index is 1.35. The number of benzene rings is 1. The number of nitrogens with zero attached hydrogens (tertiary/aromatic N) is 4. The van der Waals surface area contributed by atoms with Crippen molar-refractivity contribution < 1.29 is 0 Å². The molecule has 6 nitrogen and oxygen atoms in total. The highest BCUT2D eigenvalue weighted by molar-refractivity contribution is 5.79. The summed E-state index contributed by atoms with van der Waals surface area (Å²) in [4.78, 5) is 23.0. The number of piperidine rings is 1. The van der Waals surface area contributed by atoms with Crippen molar-refractivity contribution in [3.8, 4) is 11.5 Å². The Morgan fingerprint density at radius 3 is 2.93 bits per heavy atom. The first-order chi connectivity index (χ1) is 14.1. The monoisotopic (exact) mass is 386 g/mol. The molecule has 4 heterocycles. The second-order valence-corrected chi connectivity index (χ2v) is 8.11. The van der Waals surface area contributed by atoms with Gasteiger partial charge in [-0.3, -0.25) is 4.90 Å². The van der Waals surface area contributed by atoms with E-state index in [2.05, 4.69) is 55.2 Å². The number of H-pyrrole nitrogens is 2. The quantitative estimate of drug-likeness (QED) is 0.547. The number of nitrogens with one attached hydrogen (secondary N) is 2. The van der Waals surface area contributed by atoms with Crippen molar-refractivity contribution in [1.29, 1.82) is 0 Å². The van der Waals surface area contributed by atoms with Gasteiger partial charge in [0.05, 0.1) is 0 Å². The summed E-state index contributed by atoms with van der Waals surface area (Å²) in [6, 6.07) is 10.9. The molecule has 1 saturated heterocycles. The number of aryl methyl sites for hydroxylation is 2. The molecular formula is C23H26N6. The molecule has 5 rings (SSSR count). The van der Waals surface area contributed by atoms with Crippen LogP contribution in [0.4, 0.5) is 0 Å². The van der Waals surface area contributed by atoms with Gasteiger partial charge in [0.1, 0.15) is 11.5 Å². The van der Waals surface area contributed by atoms with Gasteiger partial charge in [-0.1, -0.05) is 12.1 Å². The molecule has 4 aromatic rings. The van der Waals surface area contributed by atoms with E-state index in [0.717, 1.165) is 48.4 Å². The Morgan fingerprint density at radius 1 is 1.14 bits per heavy atom. The van der Waals surface area contributed by atoms with Gasteiger partial charge in [-0.05, 0) is 62.4 Å². The molecule has 148 valence electrons. The van der Waals surface area contributed by atoms with Crippen molar-refractivity contribution in [2.75, 3.05) is 13.1 Å². The standard InChI is InChI=1S/C23H26N6/c1-15-12-25-23(26-15)22-11-21(27-16(2)28-22)19-4-3-9-29(14-19)13-17-5-6-18-7-8-24-20(18)10-17/h5-8,10-12,19,24H,3-4,9,13-14H2,1-2H3,(H,25,26)/t19-/m1/s1. The van der Waals surface area contributed by atoms with Crippen molar-refractivity contribution in [1.82, 2.24) is 29.8 Å². The largest absolute Gasteiger partial charge is 0.361 e. The van der Waals surface area contributed by atoms with Gasteiger partial charge in [0.2, 0.25) is 0 Å². The molecule has 0 spiro atoms. The molecule has 0 amide bonds. The van der Waals surface area contributed by atoms with Crippen molar-refractivity contribution in [2.45, 2.75) is 39.2 Å². The van der Waals surface area contributed by atoms with Crippen molar-refractivity contribution in [3.05, 3.63) is 65.5 Å². The number of aromatic nitrogens is 5. The highest BCUT2D eigenvalue weighted by atomic mass is 15.1. The minimum atomic E-state index is 0.425. The van der Waals surface area contributed by atoms with E-state index in [0.29, 0.717) is 5.92 Å². The van der Waals surface area contributed by atoms with Gasteiger partial charge in [-0.15, -0.1) is 0 Å². The van der Waals surface area contributed by atoms with E-state index in [-0.39, 0.29) is 0 Å². The van der Waals surface area contributed by atoms with Crippen LogP contribution in [0.5, 0.6) is 0 Å². The molecule has 6 heteroatoms. The zero-order valence-corrected chi connectivity index (χ0v) is 16.9. The zero-order valence-electron chi connectivity index (χ0n) is 16.9. The zero-order chi connectivity index (χ0) is 19.8. The van der Waals surface area contributed by atoms with Gasteiger partial charge < -0.3 is 9.97 Å². The number of aromatic amines is 2. The van der Waals surface area contributed by atoms with Crippen LogP contribution < -0.4 is 0 Å². The molecule has 0 bridgehead atoms. The maximum Gasteiger partial charge on any atom is 0.156 e. The molecule has 0 saturated carbocycles. The molecule has 0 radical (unpaired) electrons. The van der Waals surface area contributed by atoms with Gasteiger partial charge in [-0.2, -0.15) is 0 Å². The third-order valence-corrected chi connectivity index (χ3v) is 5.75. The molecule has 1 aliphatic rings. The lowest BCUT2D eigenvalue weighted by Gasteiger charge is -2.32. The number of hydrogen-bond acceptors (Lipinski definition) is 4. The highest BCUT2D eigenvalue weighted by Crippen LogP contribution is 2.29. The van der Waals surface area contributed by atoms with Gasteiger partial charge in [0.25, 0.3) is 0 Å². The van der Waals surface area contributed by atoms with Crippen LogP contribution in [0.1, 0.15) is 41.5 Å². The van der Waals surface area contributed by atoms with E-state index in [9.17, 15) is 0 Å². The lowest BCUT2D eigenvalue weighted by atomic mass is 9.93. The molecule has 0 unspecified atom stereocenters. The molecule has 29 heavy (non-hydrogen) atoms. The van der Waals surface area contributed by atoms with Crippen LogP contribution in [0.2, 0.25) is 0 Å². The summed E-state index contributed by atoms with van der Waals surface area (Å²) < 4.78 is 0. The lowest BCUT2D eigenvalue weighted by molar-refractivity contribution is 0.198. The number of hydrogen-bond donors (Lipinski definition) is 2. The first kappa shape index (κ1) is 18.1. The fourth-order valence-electron chi connectivity index (χ4n) is 4.36. The summed E-state index contributed by atoms with van der Waals surface area (Å²) in [6.07, 6.45) is 6.20. The van der Waals surface area contributed by atoms with Crippen LogP contribution in [0.3, 0.4) is 0 Å². The predicted octanol–water partition coefficient (Wildman–Crippen LogP) is 4.34. The van der Waals surface area contributed by atoms with E-state index in [4.69, 9.17) is 4.98 Å². The lowest BCUT2D eigenvalue weighted by Crippen LogP contribution is -2.34. The van der Waals surface area contributed by atoms with Crippen LogP contribution in [-0.4, -0.2) is 42.9 Å². The molecule has 1 aliphatic heterocycles. The highest BCUT2D eigenvalue weighted by Gasteiger charge is 2.24. The molecule has 1 aromatic carbocycles. The average molecular weight is 387 g/mol. The van der Waals surface area contributed by atoms with Crippen LogP contribution >= 0.6 is 0 Å². The Bertz CT molecular complexity index is 1140. The summed E-state index contributed by atoms with van der Waals surface area (Å²) in [7, 11) is 0. The Hall–Kier alpha value is -2.99. The minimum absolute atomic E-state index is 0.425. The van der Waals surface area contributed by atoms with Crippen LogP contribution in [0, 0.1) is 13.8 Å². The predicted molar refractivity (Wildman–Crippen MR) is 115 cm³/mol. The van der Waals surface area contributed by atoms with Crippen LogP contribution in [0.25, 0.3) is 22.4 Å². The third-order valence-electron chi connectivity index (χ3n) is 5.75. The van der Waals surface area contributed by atoms with Crippen molar-refractivity contribution >= 4 is 10.9 Å². The van der Waals surface area contributed by atoms with Gasteiger partial charge in [-0.25, -0.2) is 15.0 Å². The van der Waals surface area contributed by atoms with Gasteiger partial charge in [0, 0.05) is 48.3 Å². The number of fused-ring (bicyclic) bond motifs is 1. The van der Waals surface area contributed by atoms with E-state index in [1.165, 1.54) is 29.3 Å². The fourth-order valence-corrected chi connectivity index (χ4v) is 4.36. The minimum Gasteiger partial charge on any atom is -0.361 e. The first-order valence-corrected chi connectivity index (χ1v) is 10.3. The smallest absolute Gasteiger partial charge is 0.156 e. The van der Waals surface area contributed by atoms with E-state index in [1.54, 1.807) is 0 Å². The van der Waals surface area contributed by atoms with Gasteiger partial charge >= 0.3 is 0 Å². The Morgan fingerprint density at radius 2 is 2.07 bits per heavy atom. The van der Waals surface area contributed by atoms with Crippen molar-refractivity contribution in [3.63, 3.8) is 0 Å². The fraction of sp³-hybridized carbons (Fsp3) is 0.348. The molecule has 3 aromatic heterocycles. The van der Waals surface area contributed by atoms with Gasteiger partial charge in [0.15, 0.2) is 5.82 Å². The molecular weight excluding hydrogens is 360 g/mol. The molecule has 1 fully saturated rings. The molecule has 1 atom stereocenters. The van der Waals surface area contributed by atoms with Crippen molar-refractivity contribution in [2.24, 2.45) is 0 Å².